The second-order valence-corrected chi connectivity index (χ2v) is 19.5. The van der Waals surface area contributed by atoms with Crippen LogP contribution in [0.2, 0.25) is 0 Å². The number of aliphatic hydroxyl groups excluding tert-OH is 2. The zero-order valence-electron chi connectivity index (χ0n) is 42.4. The molecule has 6 aromatic rings. The van der Waals surface area contributed by atoms with E-state index >= 15 is 4.79 Å². The molecule has 0 bridgehead atoms. The molecule has 14 nitrogen and oxygen atoms in total. The molecule has 1 saturated carbocycles. The Bertz CT molecular complexity index is 2990. The number of ether oxygens (including phenoxy) is 5. The Morgan fingerprint density at radius 2 is 1.51 bits per heavy atom. The number of allylic oxidation sites excluding steroid dienone is 1. The van der Waals surface area contributed by atoms with Crippen molar-refractivity contribution in [3.8, 4) is 17.2 Å². The lowest BCUT2D eigenvalue weighted by Gasteiger charge is -2.59. The molecule has 9 rings (SSSR count). The van der Waals surface area contributed by atoms with E-state index in [1.807, 2.05) is 84.9 Å². The number of carbonyl (C=O) groups excluding carboxylic acids is 1. The lowest BCUT2D eigenvalue weighted by atomic mass is 9.55. The summed E-state index contributed by atoms with van der Waals surface area (Å²) in [6.07, 6.45) is 7.32. The summed E-state index contributed by atoms with van der Waals surface area (Å²) >= 11 is 0. The van der Waals surface area contributed by atoms with Gasteiger partial charge in [0.25, 0.3) is 5.69 Å². The maximum atomic E-state index is 15.1. The molecule has 6 aromatic carbocycles. The number of nitro benzene ring substituents is 1. The first-order valence-electron chi connectivity index (χ1n) is 26.1. The topological polar surface area (TPSA) is 172 Å². The fourth-order valence-electron chi connectivity index (χ4n) is 11.1. The average Bonchev–Trinajstić information content (AvgIpc) is 3.54. The molecule has 1 heterocycles. The lowest BCUT2D eigenvalue weighted by molar-refractivity contribution is -0.384. The monoisotopic (exact) mass is 1030 g/mol. The second-order valence-electron chi connectivity index (χ2n) is 19.5. The number of aliphatic hydroxyl groups is 2. The summed E-state index contributed by atoms with van der Waals surface area (Å²) in [5, 5.41) is 38.7. The minimum Gasteiger partial charge on any atom is -0.459 e. The highest BCUT2D eigenvalue weighted by molar-refractivity contribution is 6.03. The predicted octanol–water partition coefficient (Wildman–Crippen LogP) is 12.4. The van der Waals surface area contributed by atoms with Crippen LogP contribution >= 0.6 is 0 Å². The summed E-state index contributed by atoms with van der Waals surface area (Å²) in [5.74, 6) is -1.47. The molecule has 1 fully saturated rings. The smallest absolute Gasteiger partial charge is 0.410 e. The van der Waals surface area contributed by atoms with E-state index in [1.54, 1.807) is 35.2 Å². The largest absolute Gasteiger partial charge is 0.459 e. The molecule has 0 unspecified atom stereocenters. The van der Waals surface area contributed by atoms with Crippen molar-refractivity contribution in [3.05, 3.63) is 202 Å². The number of oxime groups is 1. The van der Waals surface area contributed by atoms with Crippen molar-refractivity contribution in [2.24, 2.45) is 22.9 Å². The molecular weight excluding hydrogens is 970 g/mol. The number of nitrogens with zero attached hydrogens (tertiary/aromatic N) is 3. The minimum absolute atomic E-state index is 0.0194. The van der Waals surface area contributed by atoms with E-state index in [1.165, 1.54) is 24.3 Å². The van der Waals surface area contributed by atoms with Gasteiger partial charge in [-0.3, -0.25) is 15.0 Å². The van der Waals surface area contributed by atoms with Gasteiger partial charge in [0, 0.05) is 49.8 Å². The van der Waals surface area contributed by atoms with E-state index in [9.17, 15) is 24.7 Å². The molecule has 15 heteroatoms. The van der Waals surface area contributed by atoms with Crippen LogP contribution in [0.15, 0.2) is 169 Å². The molecule has 1 amide bonds. The minimum atomic E-state index is -1.63. The molecule has 2 N–H and O–H groups in total. The van der Waals surface area contributed by atoms with Gasteiger partial charge >= 0.3 is 6.09 Å². The van der Waals surface area contributed by atoms with Crippen LogP contribution < -0.4 is 9.47 Å². The second kappa shape index (κ2) is 25.4. The summed E-state index contributed by atoms with van der Waals surface area (Å²) in [7, 11) is 0. The quantitative estimate of drug-likeness (QED) is 0.0242. The third-order valence-corrected chi connectivity index (χ3v) is 14.6. The Morgan fingerprint density at radius 1 is 0.816 bits per heavy atom. The normalized spacial score (nSPS) is 20.9. The molecular formula is C61H64FN3O11. The van der Waals surface area contributed by atoms with Gasteiger partial charge in [0.05, 0.1) is 36.4 Å². The van der Waals surface area contributed by atoms with E-state index in [0.717, 1.165) is 40.3 Å². The standard InChI is InChI=1S/C61H64FN3O11/c1-2-32-73-61-57(64(39-42-18-23-48(62)24-19-42)60(68)72-34-33-71-40-43-12-4-3-5-13-43)38-55(63-74-41-44-20-25-49(26-21-44)65(69)70)53-36-47(16-8-10-30-66)52(17-9-11-31-67)58(59(53)61)54-37-51(28-29-56(54)76-61)75-50-27-22-45-14-6-7-15-46(45)35-50/h2-7,12-15,18-29,35-37,47,52,57-59,66-67H,1,8-11,16-17,30-34,38-41H2/t47-,52+,57-,58+,59+,61+/m0/s1. The Morgan fingerprint density at radius 3 is 2.26 bits per heavy atom. The number of hydrogen-bond donors (Lipinski definition) is 2. The maximum Gasteiger partial charge on any atom is 0.410 e. The van der Waals surface area contributed by atoms with E-state index in [4.69, 9.17) is 33.7 Å². The third-order valence-electron chi connectivity index (χ3n) is 14.6. The van der Waals surface area contributed by atoms with Crippen LogP contribution in [0.25, 0.3) is 10.8 Å². The van der Waals surface area contributed by atoms with Crippen molar-refractivity contribution in [1.29, 1.82) is 0 Å². The van der Waals surface area contributed by atoms with Gasteiger partial charge < -0.3 is 38.7 Å². The first kappa shape index (κ1) is 53.4. The highest BCUT2D eigenvalue weighted by Gasteiger charge is 2.65. The summed E-state index contributed by atoms with van der Waals surface area (Å²) in [5.41, 5.74) is 4.37. The summed E-state index contributed by atoms with van der Waals surface area (Å²) < 4.78 is 47.9. The van der Waals surface area contributed by atoms with Gasteiger partial charge in [0.15, 0.2) is 0 Å². The van der Waals surface area contributed by atoms with Gasteiger partial charge in [0.1, 0.15) is 42.3 Å². The third kappa shape index (κ3) is 12.5. The van der Waals surface area contributed by atoms with Crippen LogP contribution in [0.3, 0.4) is 0 Å². The SMILES string of the molecule is C=CCO[C@@]12Oc3ccc(Oc4ccc5ccccc5c4)cc3[C@H]3[C@H](CCCCO)[C@@H](CCCCO)C=C(C(=NOCc4ccc([N+](=O)[O-])cc4)C[C@@H]1N(Cc1ccc(F)cc1)C(=O)OCCOCc1ccccc1)[C@H]32. The molecule has 0 radical (unpaired) electrons. The van der Waals surface area contributed by atoms with Crippen LogP contribution in [-0.4, -0.2) is 76.7 Å². The number of benzene rings is 6. The number of amides is 1. The van der Waals surface area contributed by atoms with E-state index in [0.29, 0.717) is 66.4 Å². The number of carbonyl (C=O) groups is 1. The number of unbranched alkanes of at least 4 members (excludes halogenated alkanes) is 2. The number of fused-ring (bicyclic) bond motifs is 3. The van der Waals surface area contributed by atoms with Gasteiger partial charge in [-0.05, 0) is 125 Å². The summed E-state index contributed by atoms with van der Waals surface area (Å²) in [6.45, 7) is 4.42. The van der Waals surface area contributed by atoms with Gasteiger partial charge in [-0.25, -0.2) is 9.18 Å². The molecule has 76 heavy (non-hydrogen) atoms. The molecule has 0 spiro atoms. The molecule has 2 aliphatic carbocycles. The number of hydrogen-bond acceptors (Lipinski definition) is 12. The van der Waals surface area contributed by atoms with Gasteiger partial charge in [-0.1, -0.05) is 103 Å². The number of rotatable bonds is 25. The molecule has 3 aliphatic rings. The highest BCUT2D eigenvalue weighted by atomic mass is 19.1. The molecule has 6 atom stereocenters. The predicted molar refractivity (Wildman–Crippen MR) is 286 cm³/mol. The maximum absolute atomic E-state index is 15.1. The van der Waals surface area contributed by atoms with Crippen molar-refractivity contribution in [2.75, 3.05) is 33.0 Å². The van der Waals surface area contributed by atoms with Gasteiger partial charge in [-0.2, -0.15) is 0 Å². The summed E-state index contributed by atoms with van der Waals surface area (Å²) in [4.78, 5) is 33.9. The van der Waals surface area contributed by atoms with Crippen molar-refractivity contribution >= 4 is 28.3 Å². The van der Waals surface area contributed by atoms with Crippen molar-refractivity contribution < 1.29 is 52.8 Å². The number of non-ortho nitro benzene ring substituents is 1. The Labute approximate surface area is 442 Å². The Kier molecular flexibility index (Phi) is 17.8. The lowest BCUT2D eigenvalue weighted by Crippen LogP contribution is -2.70. The Balaban J connectivity index is 1.19. The average molecular weight is 1030 g/mol. The van der Waals surface area contributed by atoms with Crippen LogP contribution in [-0.2, 0) is 38.8 Å². The number of halogens is 1. The van der Waals surface area contributed by atoms with Crippen LogP contribution in [0.5, 0.6) is 17.2 Å². The summed E-state index contributed by atoms with van der Waals surface area (Å²) in [6, 6.07) is 40.5. The van der Waals surface area contributed by atoms with Crippen LogP contribution in [0.4, 0.5) is 14.9 Å². The molecule has 0 aromatic heterocycles. The number of nitro groups is 1. The van der Waals surface area contributed by atoms with E-state index < -0.39 is 34.6 Å². The van der Waals surface area contributed by atoms with E-state index in [2.05, 4.69) is 18.7 Å². The zero-order valence-corrected chi connectivity index (χ0v) is 42.4. The van der Waals surface area contributed by atoms with Crippen molar-refractivity contribution in [3.63, 3.8) is 0 Å². The Hall–Kier alpha value is -7.43. The fourth-order valence-corrected chi connectivity index (χ4v) is 11.1. The fraction of sp³-hybridized carbons (Fsp3) is 0.344. The molecule has 0 saturated heterocycles. The molecule has 396 valence electrons. The van der Waals surface area contributed by atoms with E-state index in [-0.39, 0.29) is 76.0 Å². The van der Waals surface area contributed by atoms with Crippen LogP contribution in [0.1, 0.15) is 73.1 Å². The van der Waals surface area contributed by atoms with Crippen molar-refractivity contribution in [2.45, 2.75) is 82.5 Å². The van der Waals surface area contributed by atoms with Gasteiger partial charge in [0.2, 0.25) is 5.79 Å². The first-order valence-corrected chi connectivity index (χ1v) is 26.1. The zero-order chi connectivity index (χ0) is 52.9. The first-order chi connectivity index (χ1) is 37.2. The van der Waals surface area contributed by atoms with Crippen LogP contribution in [0, 0.1) is 33.7 Å². The van der Waals surface area contributed by atoms with Crippen molar-refractivity contribution in [1.82, 2.24) is 4.90 Å². The van der Waals surface area contributed by atoms with Gasteiger partial charge in [-0.15, -0.1) is 6.58 Å². The highest BCUT2D eigenvalue weighted by Crippen LogP contribution is 2.62. The molecule has 1 aliphatic heterocycles.